The van der Waals surface area contributed by atoms with Crippen molar-refractivity contribution in [1.82, 2.24) is 35.6 Å². The number of amides is 1. The zero-order valence-electron chi connectivity index (χ0n) is 14.4. The van der Waals surface area contributed by atoms with E-state index in [-0.39, 0.29) is 17.3 Å². The minimum absolute atomic E-state index is 0.0491. The number of thiophene rings is 1. The van der Waals surface area contributed by atoms with Crippen molar-refractivity contribution in [2.45, 2.75) is 13.5 Å². The van der Waals surface area contributed by atoms with E-state index in [1.54, 1.807) is 6.21 Å². The number of nitrogen functional groups attached to an aromatic ring is 1. The lowest BCUT2D eigenvalue weighted by Gasteiger charge is -2.11. The summed E-state index contributed by atoms with van der Waals surface area (Å²) in [6, 6.07) is 1.98. The average Bonchev–Trinajstić information content (AvgIpc) is 3.28. The summed E-state index contributed by atoms with van der Waals surface area (Å²) in [6.07, 6.45) is 1.59. The maximum atomic E-state index is 12.5. The Morgan fingerprint density at radius 1 is 1.50 bits per heavy atom. The Morgan fingerprint density at radius 3 is 2.92 bits per heavy atom. The lowest BCUT2D eigenvalue weighted by atomic mass is 10.3. The maximum absolute atomic E-state index is 12.5. The normalized spacial score (nSPS) is 11.5. The van der Waals surface area contributed by atoms with Gasteiger partial charge in [-0.2, -0.15) is 9.78 Å². The largest absolute Gasteiger partial charge is 0.378 e. The van der Waals surface area contributed by atoms with E-state index in [0.29, 0.717) is 12.2 Å². The summed E-state index contributed by atoms with van der Waals surface area (Å²) in [7, 11) is 3.70. The van der Waals surface area contributed by atoms with Gasteiger partial charge in [-0.25, -0.2) is 10.1 Å². The molecule has 0 spiro atoms. The van der Waals surface area contributed by atoms with Crippen molar-refractivity contribution in [3.63, 3.8) is 0 Å². The highest BCUT2D eigenvalue weighted by Gasteiger charge is 2.24. The number of hydrogen-bond donors (Lipinski definition) is 2. The van der Waals surface area contributed by atoms with Crippen LogP contribution in [-0.2, 0) is 6.54 Å². The third-order valence-electron chi connectivity index (χ3n) is 3.39. The molecule has 3 N–H and O–H groups in total. The van der Waals surface area contributed by atoms with Crippen LogP contribution in [-0.4, -0.2) is 56.4 Å². The van der Waals surface area contributed by atoms with Crippen molar-refractivity contribution < 1.29 is 9.42 Å². The zero-order valence-corrected chi connectivity index (χ0v) is 15.2. The molecule has 0 radical (unpaired) electrons. The number of carbonyl (C=O) groups excluding carboxylic acids is 1. The van der Waals surface area contributed by atoms with Gasteiger partial charge in [-0.1, -0.05) is 5.21 Å². The lowest BCUT2D eigenvalue weighted by molar-refractivity contribution is 0.0948. The fourth-order valence-corrected chi connectivity index (χ4v) is 2.93. The van der Waals surface area contributed by atoms with Gasteiger partial charge in [0.2, 0.25) is 11.6 Å². The van der Waals surface area contributed by atoms with Crippen LogP contribution in [0.5, 0.6) is 0 Å². The van der Waals surface area contributed by atoms with E-state index in [9.17, 15) is 4.79 Å². The SMILES string of the molecule is Cc1ccsc1/C=N\NC(=O)c1nnn(-c2nonc2N)c1CN(C)C. The number of anilines is 1. The smallest absolute Gasteiger partial charge is 0.293 e. The first-order valence-electron chi connectivity index (χ1n) is 7.52. The van der Waals surface area contributed by atoms with Crippen molar-refractivity contribution in [2.24, 2.45) is 5.10 Å². The molecule has 12 heteroatoms. The number of aromatic nitrogens is 5. The summed E-state index contributed by atoms with van der Waals surface area (Å²) >= 11 is 1.53. The highest BCUT2D eigenvalue weighted by Crippen LogP contribution is 2.17. The van der Waals surface area contributed by atoms with Crippen LogP contribution < -0.4 is 11.2 Å². The second-order valence-corrected chi connectivity index (χ2v) is 6.62. The van der Waals surface area contributed by atoms with E-state index in [4.69, 9.17) is 5.73 Å². The minimum Gasteiger partial charge on any atom is -0.378 e. The number of nitrogens with zero attached hydrogens (tertiary/aromatic N) is 7. The molecule has 0 atom stereocenters. The van der Waals surface area contributed by atoms with Crippen LogP contribution in [0.1, 0.15) is 26.6 Å². The summed E-state index contributed by atoms with van der Waals surface area (Å²) in [6.45, 7) is 2.34. The number of rotatable bonds is 6. The Hall–Kier alpha value is -3.12. The molecule has 3 aromatic heterocycles. The molecule has 0 saturated heterocycles. The van der Waals surface area contributed by atoms with E-state index in [2.05, 4.69) is 35.8 Å². The lowest BCUT2D eigenvalue weighted by Crippen LogP contribution is -2.23. The Kier molecular flexibility index (Phi) is 5.04. The molecule has 1 amide bonds. The van der Waals surface area contributed by atoms with Crippen LogP contribution in [0.3, 0.4) is 0 Å². The molecule has 0 aliphatic heterocycles. The van der Waals surface area contributed by atoms with Gasteiger partial charge in [0.15, 0.2) is 5.69 Å². The monoisotopic (exact) mass is 375 g/mol. The molecule has 0 aliphatic carbocycles. The summed E-state index contributed by atoms with van der Waals surface area (Å²) in [5.41, 5.74) is 9.86. The molecule has 136 valence electrons. The molecular weight excluding hydrogens is 358 g/mol. The van der Waals surface area contributed by atoms with Crippen LogP contribution >= 0.6 is 11.3 Å². The molecule has 0 unspecified atom stereocenters. The Bertz CT molecular complexity index is 940. The first-order valence-corrected chi connectivity index (χ1v) is 8.40. The fraction of sp³-hybridized carbons (Fsp3) is 0.286. The molecule has 3 aromatic rings. The summed E-state index contributed by atoms with van der Waals surface area (Å²) in [5, 5.41) is 21.1. The molecule has 3 rings (SSSR count). The van der Waals surface area contributed by atoms with Crippen molar-refractivity contribution in [1.29, 1.82) is 0 Å². The van der Waals surface area contributed by atoms with Crippen LogP contribution in [0.25, 0.3) is 5.82 Å². The van der Waals surface area contributed by atoms with Gasteiger partial charge < -0.3 is 10.6 Å². The molecule has 3 heterocycles. The van der Waals surface area contributed by atoms with Crippen LogP contribution in [0, 0.1) is 6.92 Å². The van der Waals surface area contributed by atoms with Gasteiger partial charge in [0.25, 0.3) is 5.91 Å². The predicted octanol–water partition coefficient (Wildman–Crippen LogP) is 0.428. The van der Waals surface area contributed by atoms with Crippen molar-refractivity contribution in [3.05, 3.63) is 33.3 Å². The highest BCUT2D eigenvalue weighted by molar-refractivity contribution is 7.11. The minimum atomic E-state index is -0.492. The Morgan fingerprint density at radius 2 is 2.31 bits per heavy atom. The van der Waals surface area contributed by atoms with Gasteiger partial charge in [0.05, 0.1) is 11.9 Å². The summed E-state index contributed by atoms with van der Waals surface area (Å²) in [5.74, 6) is -0.271. The van der Waals surface area contributed by atoms with Crippen LogP contribution in [0.15, 0.2) is 21.2 Å². The molecule has 0 aromatic carbocycles. The van der Waals surface area contributed by atoms with Crippen LogP contribution in [0.2, 0.25) is 0 Å². The van der Waals surface area contributed by atoms with E-state index in [0.717, 1.165) is 10.4 Å². The summed E-state index contributed by atoms with van der Waals surface area (Å²) < 4.78 is 5.92. The Balaban J connectivity index is 1.85. The topological polar surface area (TPSA) is 140 Å². The third kappa shape index (κ3) is 3.60. The van der Waals surface area contributed by atoms with E-state index < -0.39 is 5.91 Å². The Labute approximate surface area is 152 Å². The molecule has 11 nitrogen and oxygen atoms in total. The van der Waals surface area contributed by atoms with Crippen molar-refractivity contribution >= 4 is 29.3 Å². The second kappa shape index (κ2) is 7.41. The van der Waals surface area contributed by atoms with Gasteiger partial charge in [0, 0.05) is 11.4 Å². The average molecular weight is 375 g/mol. The second-order valence-electron chi connectivity index (χ2n) is 5.67. The number of hydrazone groups is 1. The molecular formula is C14H17N9O2S. The predicted molar refractivity (Wildman–Crippen MR) is 95.1 cm³/mol. The molecule has 0 fully saturated rings. The quantitative estimate of drug-likeness (QED) is 0.467. The van der Waals surface area contributed by atoms with E-state index in [1.807, 2.05) is 37.4 Å². The van der Waals surface area contributed by atoms with Gasteiger partial charge in [-0.3, -0.25) is 4.79 Å². The number of hydrogen-bond acceptors (Lipinski definition) is 10. The molecule has 0 bridgehead atoms. The molecule has 26 heavy (non-hydrogen) atoms. The maximum Gasteiger partial charge on any atom is 0.293 e. The van der Waals surface area contributed by atoms with Gasteiger partial charge >= 0.3 is 0 Å². The van der Waals surface area contributed by atoms with E-state index >= 15 is 0 Å². The highest BCUT2D eigenvalue weighted by atomic mass is 32.1. The molecule has 0 aliphatic rings. The van der Waals surface area contributed by atoms with Gasteiger partial charge in [-0.05, 0) is 48.3 Å². The number of aryl methyl sites for hydroxylation is 1. The van der Waals surface area contributed by atoms with Gasteiger partial charge in [0.1, 0.15) is 0 Å². The van der Waals surface area contributed by atoms with Crippen molar-refractivity contribution in [2.75, 3.05) is 19.8 Å². The summed E-state index contributed by atoms with van der Waals surface area (Å²) in [4.78, 5) is 15.3. The number of nitrogens with two attached hydrogens (primary N) is 1. The van der Waals surface area contributed by atoms with Gasteiger partial charge in [-0.15, -0.1) is 16.4 Å². The van der Waals surface area contributed by atoms with Crippen LogP contribution in [0.4, 0.5) is 5.82 Å². The zero-order chi connectivity index (χ0) is 18.7. The number of nitrogens with one attached hydrogen (secondary N) is 1. The number of carbonyl (C=O) groups is 1. The third-order valence-corrected chi connectivity index (χ3v) is 4.34. The molecule has 0 saturated carbocycles. The first-order chi connectivity index (χ1) is 12.5. The fourth-order valence-electron chi connectivity index (χ4n) is 2.15. The first kappa shape index (κ1) is 17.7. The standard InChI is InChI=1S/C14H17N9O2S/c1-8-4-5-26-10(8)6-16-18-14(24)11-9(7-22(2)3)23(21-17-11)13-12(15)19-25-20-13/h4-6H,7H2,1-3H3,(H2,15,19)(H,18,24)/b16-6-. The van der Waals surface area contributed by atoms with Crippen molar-refractivity contribution in [3.8, 4) is 5.82 Å². The van der Waals surface area contributed by atoms with E-state index in [1.165, 1.54) is 16.0 Å².